The van der Waals surface area contributed by atoms with Crippen LogP contribution in [0.2, 0.25) is 0 Å². The average molecular weight is 458 g/mol. The minimum absolute atomic E-state index is 0.0795. The Kier molecular flexibility index (Phi) is 7.89. The van der Waals surface area contributed by atoms with Crippen molar-refractivity contribution in [1.29, 1.82) is 0 Å². The van der Waals surface area contributed by atoms with Gasteiger partial charge in [0.15, 0.2) is 6.10 Å². The summed E-state index contributed by atoms with van der Waals surface area (Å²) in [4.78, 5) is 15.2. The smallest absolute Gasteiger partial charge is 0.263 e. The van der Waals surface area contributed by atoms with Crippen molar-refractivity contribution in [3.8, 4) is 22.6 Å². The molecule has 178 valence electrons. The number of likely N-dealkylation sites (tertiary alicyclic amines) is 1. The fourth-order valence-corrected chi connectivity index (χ4v) is 4.74. The van der Waals surface area contributed by atoms with Crippen LogP contribution in [0.25, 0.3) is 11.1 Å². The van der Waals surface area contributed by atoms with Crippen LogP contribution in [0.15, 0.2) is 72.8 Å². The first-order chi connectivity index (χ1) is 16.5. The summed E-state index contributed by atoms with van der Waals surface area (Å²) in [6, 6.07) is 24.7. The van der Waals surface area contributed by atoms with E-state index < -0.39 is 6.10 Å². The van der Waals surface area contributed by atoms with E-state index in [4.69, 9.17) is 9.47 Å². The van der Waals surface area contributed by atoms with Gasteiger partial charge in [-0.05, 0) is 74.3 Å². The second-order valence-corrected chi connectivity index (χ2v) is 9.23. The Morgan fingerprint density at radius 1 is 0.971 bits per heavy atom. The number of aryl methyl sites for hydroxylation is 2. The first-order valence-corrected chi connectivity index (χ1v) is 12.3. The number of piperidine rings is 1. The number of nitrogens with zero attached hydrogens (tertiary/aromatic N) is 1. The van der Waals surface area contributed by atoms with Crippen LogP contribution >= 0.6 is 0 Å². The molecule has 0 aliphatic carbocycles. The maximum atomic E-state index is 13.2. The molecule has 0 N–H and O–H groups in total. The molecule has 1 aliphatic heterocycles. The molecule has 4 nitrogen and oxygen atoms in total. The van der Waals surface area contributed by atoms with E-state index in [9.17, 15) is 4.79 Å². The van der Waals surface area contributed by atoms with Crippen LogP contribution in [0.1, 0.15) is 37.3 Å². The molecule has 0 bridgehead atoms. The highest BCUT2D eigenvalue weighted by atomic mass is 16.5. The van der Waals surface area contributed by atoms with Gasteiger partial charge in [0.1, 0.15) is 11.5 Å². The molecule has 3 aromatic rings. The normalized spacial score (nSPS) is 15.1. The molecule has 1 atom stereocenters. The Morgan fingerprint density at radius 2 is 1.68 bits per heavy atom. The Morgan fingerprint density at radius 3 is 2.35 bits per heavy atom. The molecule has 1 heterocycles. The minimum atomic E-state index is -0.514. The van der Waals surface area contributed by atoms with Crippen LogP contribution in [-0.2, 0) is 11.2 Å². The van der Waals surface area contributed by atoms with Crippen LogP contribution in [0.3, 0.4) is 0 Å². The van der Waals surface area contributed by atoms with Crippen molar-refractivity contribution in [2.45, 2.75) is 45.6 Å². The number of methoxy groups -OCH3 is 1. The van der Waals surface area contributed by atoms with Gasteiger partial charge >= 0.3 is 0 Å². The Bertz CT molecular complexity index is 1070. The number of hydrogen-bond donors (Lipinski definition) is 0. The molecular formula is C30H35NO3. The van der Waals surface area contributed by atoms with Crippen molar-refractivity contribution in [1.82, 2.24) is 4.90 Å². The number of para-hydroxylation sites is 1. The molecule has 0 spiro atoms. The van der Waals surface area contributed by atoms with Gasteiger partial charge in [-0.2, -0.15) is 0 Å². The van der Waals surface area contributed by atoms with Crippen molar-refractivity contribution in [3.05, 3.63) is 83.9 Å². The third-order valence-electron chi connectivity index (χ3n) is 6.87. The third-order valence-corrected chi connectivity index (χ3v) is 6.87. The largest absolute Gasteiger partial charge is 0.497 e. The summed E-state index contributed by atoms with van der Waals surface area (Å²) < 4.78 is 11.5. The van der Waals surface area contributed by atoms with Gasteiger partial charge in [0.05, 0.1) is 7.11 Å². The first-order valence-electron chi connectivity index (χ1n) is 12.3. The van der Waals surface area contributed by atoms with E-state index >= 15 is 0 Å². The zero-order valence-electron chi connectivity index (χ0n) is 20.5. The van der Waals surface area contributed by atoms with E-state index in [-0.39, 0.29) is 5.91 Å². The summed E-state index contributed by atoms with van der Waals surface area (Å²) in [6.07, 6.45) is 3.81. The van der Waals surface area contributed by atoms with Crippen molar-refractivity contribution in [2.24, 2.45) is 5.92 Å². The number of rotatable bonds is 8. The van der Waals surface area contributed by atoms with Crippen LogP contribution < -0.4 is 9.47 Å². The molecule has 4 heteroatoms. The number of carbonyl (C=O) groups is 1. The summed E-state index contributed by atoms with van der Waals surface area (Å²) in [5, 5.41) is 0. The first kappa shape index (κ1) is 23.9. The number of ether oxygens (including phenoxy) is 2. The average Bonchev–Trinajstić information content (AvgIpc) is 2.89. The van der Waals surface area contributed by atoms with E-state index in [2.05, 4.69) is 30.3 Å². The minimum Gasteiger partial charge on any atom is -0.497 e. The zero-order chi connectivity index (χ0) is 23.9. The van der Waals surface area contributed by atoms with Gasteiger partial charge in [0.2, 0.25) is 0 Å². The van der Waals surface area contributed by atoms with Crippen LogP contribution in [0.5, 0.6) is 11.5 Å². The summed E-state index contributed by atoms with van der Waals surface area (Å²) in [5.41, 5.74) is 4.50. The molecule has 34 heavy (non-hydrogen) atoms. The summed E-state index contributed by atoms with van der Waals surface area (Å²) in [5.74, 6) is 2.43. The molecule has 0 aromatic heterocycles. The molecule has 1 fully saturated rings. The van der Waals surface area contributed by atoms with Gasteiger partial charge < -0.3 is 14.4 Å². The predicted octanol–water partition coefficient (Wildman–Crippen LogP) is 6.31. The van der Waals surface area contributed by atoms with E-state index in [0.29, 0.717) is 5.92 Å². The van der Waals surface area contributed by atoms with Gasteiger partial charge in [-0.25, -0.2) is 0 Å². The molecule has 0 saturated carbocycles. The van der Waals surface area contributed by atoms with Crippen LogP contribution in [0.4, 0.5) is 0 Å². The van der Waals surface area contributed by atoms with Crippen LogP contribution in [0, 0.1) is 12.8 Å². The van der Waals surface area contributed by atoms with E-state index in [1.54, 1.807) is 7.11 Å². The van der Waals surface area contributed by atoms with E-state index in [1.165, 1.54) is 5.56 Å². The molecule has 1 unspecified atom stereocenters. The standard InChI is InChI=1S/C30H35NO3/c1-22-8-7-11-28(26-9-5-4-6-10-26)29(22)34-23(2)30(32)31-20-18-25(19-21-31)13-12-24-14-16-27(33-3)17-15-24/h4-11,14-17,23,25H,12-13,18-21H2,1-3H3. The van der Waals surface area contributed by atoms with Gasteiger partial charge in [-0.15, -0.1) is 0 Å². The lowest BCUT2D eigenvalue weighted by molar-refractivity contribution is -0.139. The predicted molar refractivity (Wildman–Crippen MR) is 137 cm³/mol. The highest BCUT2D eigenvalue weighted by molar-refractivity contribution is 5.82. The number of hydrogen-bond acceptors (Lipinski definition) is 3. The van der Waals surface area contributed by atoms with Crippen LogP contribution in [-0.4, -0.2) is 37.1 Å². The molecule has 3 aromatic carbocycles. The van der Waals surface area contributed by atoms with Crippen molar-refractivity contribution in [2.75, 3.05) is 20.2 Å². The topological polar surface area (TPSA) is 38.8 Å². The van der Waals surface area contributed by atoms with Gasteiger partial charge in [-0.1, -0.05) is 60.7 Å². The zero-order valence-corrected chi connectivity index (χ0v) is 20.5. The maximum absolute atomic E-state index is 13.2. The molecule has 4 rings (SSSR count). The number of amides is 1. The van der Waals surface area contributed by atoms with Crippen molar-refractivity contribution in [3.63, 3.8) is 0 Å². The second kappa shape index (κ2) is 11.2. The van der Waals surface area contributed by atoms with Crippen molar-refractivity contribution >= 4 is 5.91 Å². The van der Waals surface area contributed by atoms with Gasteiger partial charge in [-0.3, -0.25) is 4.79 Å². The Labute approximate surface area is 203 Å². The lowest BCUT2D eigenvalue weighted by atomic mass is 9.90. The Hall–Kier alpha value is -3.27. The highest BCUT2D eigenvalue weighted by Crippen LogP contribution is 2.34. The Balaban J connectivity index is 1.31. The summed E-state index contributed by atoms with van der Waals surface area (Å²) in [6.45, 7) is 5.52. The quantitative estimate of drug-likeness (QED) is 0.398. The molecular weight excluding hydrogens is 422 g/mol. The monoisotopic (exact) mass is 457 g/mol. The van der Waals surface area contributed by atoms with Crippen molar-refractivity contribution < 1.29 is 14.3 Å². The summed E-state index contributed by atoms with van der Waals surface area (Å²) in [7, 11) is 1.69. The molecule has 1 saturated heterocycles. The highest BCUT2D eigenvalue weighted by Gasteiger charge is 2.27. The molecule has 1 aliphatic rings. The molecule has 0 radical (unpaired) electrons. The lowest BCUT2D eigenvalue weighted by Crippen LogP contribution is -2.44. The molecule has 1 amide bonds. The second-order valence-electron chi connectivity index (χ2n) is 9.23. The third kappa shape index (κ3) is 5.80. The lowest BCUT2D eigenvalue weighted by Gasteiger charge is -2.34. The van der Waals surface area contributed by atoms with Gasteiger partial charge in [0, 0.05) is 18.7 Å². The van der Waals surface area contributed by atoms with Gasteiger partial charge in [0.25, 0.3) is 5.91 Å². The maximum Gasteiger partial charge on any atom is 0.263 e. The van der Waals surface area contributed by atoms with E-state index in [1.807, 2.05) is 61.2 Å². The summed E-state index contributed by atoms with van der Waals surface area (Å²) >= 11 is 0. The number of benzene rings is 3. The number of carbonyl (C=O) groups excluding carboxylic acids is 1. The SMILES string of the molecule is COc1ccc(CCC2CCN(C(=O)C(C)Oc3c(C)cccc3-c3ccccc3)CC2)cc1. The van der Waals surface area contributed by atoms with E-state index in [0.717, 1.165) is 67.0 Å². The fraction of sp³-hybridized carbons (Fsp3) is 0.367. The fourth-order valence-electron chi connectivity index (χ4n) is 4.74.